The van der Waals surface area contributed by atoms with Crippen LogP contribution in [-0.2, 0) is 29.6 Å². The van der Waals surface area contributed by atoms with E-state index in [0.29, 0.717) is 22.6 Å². The molecule has 2 heterocycles. The molecule has 66 heavy (non-hydrogen) atoms. The van der Waals surface area contributed by atoms with Crippen molar-refractivity contribution in [2.45, 2.75) is 138 Å². The van der Waals surface area contributed by atoms with Gasteiger partial charge in [-0.05, 0) is 5.92 Å². The fraction of sp³-hybridized carbons (Fsp3) is 0.462. The summed E-state index contributed by atoms with van der Waals surface area (Å²) in [4.78, 5) is 18.4. The van der Waals surface area contributed by atoms with Crippen LogP contribution in [0.15, 0.2) is 113 Å². The molecule has 0 unspecified atom stereocenters. The number of rotatable bonds is 18. The zero-order valence-corrected chi connectivity index (χ0v) is 44.5. The van der Waals surface area contributed by atoms with Gasteiger partial charge in [-0.25, -0.2) is 0 Å². The Hall–Kier alpha value is -4.27. The second-order valence-corrected chi connectivity index (χ2v) is 27.8. The maximum atomic E-state index is 14.3. The van der Waals surface area contributed by atoms with Crippen LogP contribution in [0.2, 0.25) is 28.8 Å². The summed E-state index contributed by atoms with van der Waals surface area (Å²) >= 11 is -0.102. The fourth-order valence-corrected chi connectivity index (χ4v) is 13.3. The third-order valence-electron chi connectivity index (χ3n) is 13.0. The van der Waals surface area contributed by atoms with Crippen LogP contribution in [0.5, 0.6) is 17.4 Å². The van der Waals surface area contributed by atoms with Crippen molar-refractivity contribution in [3.63, 3.8) is 0 Å². The van der Waals surface area contributed by atoms with Gasteiger partial charge >= 0.3 is 382 Å². The summed E-state index contributed by atoms with van der Waals surface area (Å²) in [6.07, 6.45) is -0.354. The molecule has 0 radical (unpaired) electrons. The van der Waals surface area contributed by atoms with E-state index < -0.39 is 48.2 Å². The van der Waals surface area contributed by atoms with E-state index in [1.165, 1.54) is 16.8 Å². The molecule has 1 aromatic heterocycles. The van der Waals surface area contributed by atoms with Crippen LogP contribution >= 0.6 is 0 Å². The van der Waals surface area contributed by atoms with E-state index in [0.717, 1.165) is 22.3 Å². The minimum atomic E-state index is -4.41. The SMILES string of the molecule is COc1ccc(C(OC[C@H]2O[C@@H](n3ccc(OS(=O)(=O)c4c(C(C)C)cc(C(C)C)cc4C(C)C)nc3=O)[C@H]([Se]C)[C@@H]2O[Si](C)(C)C(C)(C)C)(c2ccccc2)c2ccc(OC)cc2)cc1. The number of aromatic nitrogens is 2. The Morgan fingerprint density at radius 3 is 1.73 bits per heavy atom. The van der Waals surface area contributed by atoms with Gasteiger partial charge in [-0.1, -0.05) is 13.8 Å². The van der Waals surface area contributed by atoms with Crippen LogP contribution in [-0.4, -0.2) is 74.3 Å². The standard InChI is InChI=1S/C52H68N2O9SSeSi/c1-33(2)36-30-42(34(3)4)47(43(31-36)35(5)6)64(56,57)62-45-28-29-54(50(55)53-45)49-48(65-12)46(63-66(13,14)51(7,8)9)44(61-49)32-60-52(37-18-16-15-17-19-37,38-20-24-40(58-10)25-21-38)39-22-26-41(59-11)27-23-39/h15-31,33-35,44,46,48-49H,32H2,1-14H3/t44-,46-,48-,49-/m1/s1. The molecule has 0 saturated carbocycles. The second kappa shape index (κ2) is 20.5. The summed E-state index contributed by atoms with van der Waals surface area (Å²) in [5.74, 6) is 3.21. The zero-order valence-electron chi connectivity index (χ0n) is 40.9. The van der Waals surface area contributed by atoms with Gasteiger partial charge in [0, 0.05) is 0 Å². The number of hydrogen-bond acceptors (Lipinski definition) is 10. The summed E-state index contributed by atoms with van der Waals surface area (Å²) in [7, 11) is -3.57. The van der Waals surface area contributed by atoms with Crippen LogP contribution in [0.1, 0.15) is 120 Å². The molecule has 0 bridgehead atoms. The molecule has 356 valence electrons. The van der Waals surface area contributed by atoms with Crippen molar-refractivity contribution in [2.75, 3.05) is 20.8 Å². The number of ether oxygens (including phenoxy) is 4. The first-order chi connectivity index (χ1) is 31.1. The normalized spacial score (nSPS) is 18.3. The number of benzene rings is 4. The first-order valence-corrected chi connectivity index (χ1v) is 29.7. The molecule has 6 rings (SSSR count). The summed E-state index contributed by atoms with van der Waals surface area (Å²) in [6.45, 7) is 23.2. The molecule has 0 amide bonds. The van der Waals surface area contributed by atoms with E-state index >= 15 is 0 Å². The third-order valence-corrected chi connectivity index (χ3v) is 21.1. The molecular formula is C52H68N2O9SSeSi. The quantitative estimate of drug-likeness (QED) is 0.0476. The summed E-state index contributed by atoms with van der Waals surface area (Å²) in [5, 5.41) is -0.134. The van der Waals surface area contributed by atoms with Gasteiger partial charge in [0.2, 0.25) is 0 Å². The van der Waals surface area contributed by atoms with Gasteiger partial charge in [0.25, 0.3) is 0 Å². The van der Waals surface area contributed by atoms with E-state index in [4.69, 9.17) is 27.6 Å². The van der Waals surface area contributed by atoms with Gasteiger partial charge in [0.15, 0.2) is 0 Å². The number of nitrogens with zero attached hydrogens (tertiary/aromatic N) is 2. The molecule has 4 aromatic carbocycles. The van der Waals surface area contributed by atoms with Gasteiger partial charge in [-0.3, -0.25) is 0 Å². The zero-order chi connectivity index (χ0) is 48.4. The summed E-state index contributed by atoms with van der Waals surface area (Å²) < 4.78 is 68.6. The monoisotopic (exact) mass is 1000 g/mol. The molecule has 11 nitrogen and oxygen atoms in total. The average Bonchev–Trinajstić information content (AvgIpc) is 3.61. The molecule has 1 fully saturated rings. The van der Waals surface area contributed by atoms with Crippen molar-refractivity contribution in [1.29, 1.82) is 0 Å². The van der Waals surface area contributed by atoms with E-state index in [2.05, 4.69) is 70.7 Å². The van der Waals surface area contributed by atoms with Gasteiger partial charge in [0.05, 0.1) is 0 Å². The molecule has 14 heteroatoms. The molecule has 4 atom stereocenters. The van der Waals surface area contributed by atoms with Crippen molar-refractivity contribution in [3.8, 4) is 17.4 Å². The molecule has 1 aliphatic rings. The Balaban J connectivity index is 1.42. The van der Waals surface area contributed by atoms with E-state index in [-0.39, 0.29) is 59.9 Å². The predicted octanol–water partition coefficient (Wildman–Crippen LogP) is 11.2. The third kappa shape index (κ3) is 10.6. The number of methoxy groups -OCH3 is 2. The van der Waals surface area contributed by atoms with Crippen molar-refractivity contribution in [3.05, 3.63) is 147 Å². The number of hydrogen-bond donors (Lipinski definition) is 0. The Morgan fingerprint density at radius 1 is 0.773 bits per heavy atom. The average molecular weight is 1000 g/mol. The van der Waals surface area contributed by atoms with Crippen LogP contribution < -0.4 is 19.3 Å². The van der Waals surface area contributed by atoms with Gasteiger partial charge in [-0.15, -0.1) is 0 Å². The maximum absolute atomic E-state index is 14.3. The first-order valence-electron chi connectivity index (χ1n) is 22.6. The van der Waals surface area contributed by atoms with Gasteiger partial charge < -0.3 is 0 Å². The second-order valence-electron chi connectivity index (χ2n) is 19.4. The van der Waals surface area contributed by atoms with Crippen LogP contribution in [0.3, 0.4) is 0 Å². The van der Waals surface area contributed by atoms with Crippen molar-refractivity contribution in [2.24, 2.45) is 0 Å². The molecule has 0 N–H and O–H groups in total. The van der Waals surface area contributed by atoms with Crippen LogP contribution in [0, 0.1) is 0 Å². The Labute approximate surface area is 400 Å². The Bertz CT molecular complexity index is 2520. The van der Waals surface area contributed by atoms with Gasteiger partial charge in [0.1, 0.15) is 0 Å². The van der Waals surface area contributed by atoms with Crippen molar-refractivity contribution < 1.29 is 36.0 Å². The van der Waals surface area contributed by atoms with Gasteiger partial charge in [-0.2, -0.15) is 0 Å². The predicted molar refractivity (Wildman–Crippen MR) is 265 cm³/mol. The van der Waals surface area contributed by atoms with Crippen molar-refractivity contribution in [1.82, 2.24) is 9.55 Å². The summed E-state index contributed by atoms with van der Waals surface area (Å²) in [6, 6.07) is 31.2. The Morgan fingerprint density at radius 2 is 1.29 bits per heavy atom. The minimum absolute atomic E-state index is 0.0862. The van der Waals surface area contributed by atoms with Crippen LogP contribution in [0.25, 0.3) is 0 Å². The Kier molecular flexibility index (Phi) is 15.9. The fourth-order valence-electron chi connectivity index (χ4n) is 8.23. The summed E-state index contributed by atoms with van der Waals surface area (Å²) in [5.41, 5.74) is 3.20. The van der Waals surface area contributed by atoms with E-state index in [1.807, 2.05) is 107 Å². The molecule has 1 aliphatic heterocycles. The molecule has 5 aromatic rings. The van der Waals surface area contributed by atoms with E-state index in [9.17, 15) is 13.2 Å². The topological polar surface area (TPSA) is 124 Å². The van der Waals surface area contributed by atoms with Crippen molar-refractivity contribution >= 4 is 33.4 Å². The molecular weight excluding hydrogens is 936 g/mol. The first kappa shape index (κ1) is 51.1. The van der Waals surface area contributed by atoms with E-state index in [1.54, 1.807) is 14.2 Å². The molecule has 0 aliphatic carbocycles. The van der Waals surface area contributed by atoms with Crippen LogP contribution in [0.4, 0.5) is 0 Å². The molecule has 0 spiro atoms. The molecule has 1 saturated heterocycles.